The molecule has 0 radical (unpaired) electrons. The molecule has 1 heterocycles. The van der Waals surface area contributed by atoms with Gasteiger partial charge in [0.25, 0.3) is 0 Å². The van der Waals surface area contributed by atoms with Crippen molar-refractivity contribution in [2.24, 2.45) is 0 Å². The van der Waals surface area contributed by atoms with Crippen molar-refractivity contribution in [1.29, 1.82) is 0 Å². The van der Waals surface area contributed by atoms with Crippen molar-refractivity contribution in [2.45, 2.75) is 30.8 Å². The summed E-state index contributed by atoms with van der Waals surface area (Å²) in [6.45, 7) is 3.26. The SMILES string of the molecule is CCNCc1ccc(F)c(S(=O)(=O)NC2CCSC2)c1. The molecule has 1 unspecified atom stereocenters. The highest BCUT2D eigenvalue weighted by Gasteiger charge is 2.25. The van der Waals surface area contributed by atoms with Gasteiger partial charge in [0.05, 0.1) is 0 Å². The lowest BCUT2D eigenvalue weighted by atomic mass is 10.2. The predicted molar refractivity (Wildman–Crippen MR) is 79.8 cm³/mol. The topological polar surface area (TPSA) is 58.2 Å². The van der Waals surface area contributed by atoms with Gasteiger partial charge in [0.1, 0.15) is 10.7 Å². The van der Waals surface area contributed by atoms with Crippen molar-refractivity contribution in [3.05, 3.63) is 29.6 Å². The molecule has 0 amide bonds. The lowest BCUT2D eigenvalue weighted by Crippen LogP contribution is -2.35. The highest BCUT2D eigenvalue weighted by Crippen LogP contribution is 2.21. The van der Waals surface area contributed by atoms with E-state index in [9.17, 15) is 12.8 Å². The van der Waals surface area contributed by atoms with Crippen molar-refractivity contribution < 1.29 is 12.8 Å². The first-order valence-electron chi connectivity index (χ1n) is 6.62. The van der Waals surface area contributed by atoms with Crippen LogP contribution in [-0.4, -0.2) is 32.5 Å². The minimum atomic E-state index is -3.79. The smallest absolute Gasteiger partial charge is 0.243 e. The Kier molecular flexibility index (Phi) is 5.42. The highest BCUT2D eigenvalue weighted by atomic mass is 32.2. The number of hydrogen-bond donors (Lipinski definition) is 2. The number of halogens is 1. The maximum Gasteiger partial charge on any atom is 0.243 e. The van der Waals surface area contributed by atoms with Crippen LogP contribution in [-0.2, 0) is 16.6 Å². The summed E-state index contributed by atoms with van der Waals surface area (Å²) in [6, 6.07) is 4.12. The van der Waals surface area contributed by atoms with Gasteiger partial charge in [-0.15, -0.1) is 0 Å². The number of benzene rings is 1. The monoisotopic (exact) mass is 318 g/mol. The van der Waals surface area contributed by atoms with E-state index in [0.717, 1.165) is 30.0 Å². The molecular weight excluding hydrogens is 299 g/mol. The average Bonchev–Trinajstić information content (AvgIpc) is 2.89. The lowest BCUT2D eigenvalue weighted by Gasteiger charge is -2.13. The van der Waals surface area contributed by atoms with Gasteiger partial charge in [-0.25, -0.2) is 17.5 Å². The van der Waals surface area contributed by atoms with Gasteiger partial charge < -0.3 is 5.32 Å². The Bertz CT molecular complexity index is 557. The fourth-order valence-electron chi connectivity index (χ4n) is 2.04. The summed E-state index contributed by atoms with van der Waals surface area (Å²) in [7, 11) is -3.79. The zero-order valence-electron chi connectivity index (χ0n) is 11.4. The quantitative estimate of drug-likeness (QED) is 0.838. The number of sulfonamides is 1. The van der Waals surface area contributed by atoms with E-state index in [0.29, 0.717) is 6.54 Å². The van der Waals surface area contributed by atoms with E-state index in [1.54, 1.807) is 17.8 Å². The molecule has 1 aliphatic heterocycles. The predicted octanol–water partition coefficient (Wildman–Crippen LogP) is 1.72. The van der Waals surface area contributed by atoms with Gasteiger partial charge in [0.2, 0.25) is 10.0 Å². The first-order valence-corrected chi connectivity index (χ1v) is 9.26. The van der Waals surface area contributed by atoms with Crippen LogP contribution in [0.1, 0.15) is 18.9 Å². The van der Waals surface area contributed by atoms with E-state index >= 15 is 0 Å². The van der Waals surface area contributed by atoms with E-state index in [2.05, 4.69) is 10.0 Å². The van der Waals surface area contributed by atoms with Crippen LogP contribution in [0.15, 0.2) is 23.1 Å². The van der Waals surface area contributed by atoms with Gasteiger partial charge in [0, 0.05) is 18.3 Å². The summed E-state index contributed by atoms with van der Waals surface area (Å²) >= 11 is 1.71. The number of nitrogens with one attached hydrogen (secondary N) is 2. The van der Waals surface area contributed by atoms with Gasteiger partial charge in [0.15, 0.2) is 0 Å². The van der Waals surface area contributed by atoms with E-state index in [-0.39, 0.29) is 10.9 Å². The van der Waals surface area contributed by atoms with Gasteiger partial charge >= 0.3 is 0 Å². The van der Waals surface area contributed by atoms with E-state index in [1.807, 2.05) is 6.92 Å². The highest BCUT2D eigenvalue weighted by molar-refractivity contribution is 7.99. The summed E-state index contributed by atoms with van der Waals surface area (Å²) in [5.74, 6) is 0.983. The Morgan fingerprint density at radius 1 is 1.45 bits per heavy atom. The molecule has 1 aromatic carbocycles. The van der Waals surface area contributed by atoms with E-state index in [1.165, 1.54) is 12.1 Å². The first-order chi connectivity index (χ1) is 9.53. The molecule has 0 aliphatic carbocycles. The maximum absolute atomic E-state index is 13.8. The van der Waals surface area contributed by atoms with Crippen LogP contribution in [0.5, 0.6) is 0 Å². The lowest BCUT2D eigenvalue weighted by molar-refractivity contribution is 0.543. The zero-order chi connectivity index (χ0) is 14.6. The molecule has 0 bridgehead atoms. The minimum absolute atomic E-state index is 0.0955. The van der Waals surface area contributed by atoms with E-state index < -0.39 is 15.8 Å². The molecule has 2 rings (SSSR count). The molecule has 0 spiro atoms. The van der Waals surface area contributed by atoms with Crippen LogP contribution in [0.3, 0.4) is 0 Å². The van der Waals surface area contributed by atoms with Crippen molar-refractivity contribution in [1.82, 2.24) is 10.0 Å². The standard InChI is InChI=1S/C13H19FN2O2S2/c1-2-15-8-10-3-4-12(14)13(7-10)20(17,18)16-11-5-6-19-9-11/h3-4,7,11,15-16H,2,5-6,8-9H2,1H3. The van der Waals surface area contributed by atoms with Gasteiger partial charge in [-0.3, -0.25) is 0 Å². The third kappa shape index (κ3) is 3.94. The largest absolute Gasteiger partial charge is 0.313 e. The molecule has 1 aliphatic rings. The second kappa shape index (κ2) is 6.89. The average molecular weight is 318 g/mol. The first kappa shape index (κ1) is 15.8. The molecule has 1 fully saturated rings. The van der Waals surface area contributed by atoms with Crippen LogP contribution in [0.2, 0.25) is 0 Å². The van der Waals surface area contributed by atoms with Crippen LogP contribution < -0.4 is 10.0 Å². The fourth-order valence-corrected chi connectivity index (χ4v) is 4.70. The molecule has 0 aromatic heterocycles. The molecule has 0 saturated carbocycles. The summed E-state index contributed by atoms with van der Waals surface area (Å²) in [4.78, 5) is -0.259. The Morgan fingerprint density at radius 3 is 2.90 bits per heavy atom. The Hall–Kier alpha value is -0.630. The molecule has 4 nitrogen and oxygen atoms in total. The van der Waals surface area contributed by atoms with Gasteiger partial charge in [-0.05, 0) is 36.4 Å². The van der Waals surface area contributed by atoms with Crippen LogP contribution in [0, 0.1) is 5.82 Å². The second-order valence-corrected chi connectivity index (χ2v) is 7.56. The van der Waals surface area contributed by atoms with Crippen LogP contribution in [0.4, 0.5) is 4.39 Å². The Morgan fingerprint density at radius 2 is 2.25 bits per heavy atom. The molecule has 112 valence electrons. The molecule has 1 aromatic rings. The summed E-state index contributed by atoms with van der Waals surface area (Å²) < 4.78 is 40.9. The summed E-state index contributed by atoms with van der Waals surface area (Å²) in [5.41, 5.74) is 0.759. The van der Waals surface area contributed by atoms with Crippen LogP contribution in [0.25, 0.3) is 0 Å². The molecule has 2 N–H and O–H groups in total. The van der Waals surface area contributed by atoms with E-state index in [4.69, 9.17) is 0 Å². The third-order valence-corrected chi connectivity index (χ3v) is 5.81. The number of thioether (sulfide) groups is 1. The Labute approximate surface area is 123 Å². The van der Waals surface area contributed by atoms with Gasteiger partial charge in [-0.1, -0.05) is 13.0 Å². The molecule has 7 heteroatoms. The number of hydrogen-bond acceptors (Lipinski definition) is 4. The maximum atomic E-state index is 13.8. The summed E-state index contributed by atoms with van der Waals surface area (Å²) in [5, 5.41) is 3.09. The third-order valence-electron chi connectivity index (χ3n) is 3.12. The molecule has 1 atom stereocenters. The van der Waals surface area contributed by atoms with Crippen LogP contribution >= 0.6 is 11.8 Å². The number of rotatable bonds is 6. The van der Waals surface area contributed by atoms with Gasteiger partial charge in [-0.2, -0.15) is 11.8 Å². The Balaban J connectivity index is 2.20. The van der Waals surface area contributed by atoms with Crippen molar-refractivity contribution in [3.8, 4) is 0 Å². The van der Waals surface area contributed by atoms with Crippen molar-refractivity contribution in [2.75, 3.05) is 18.1 Å². The van der Waals surface area contributed by atoms with Crippen molar-refractivity contribution in [3.63, 3.8) is 0 Å². The second-order valence-electron chi connectivity index (χ2n) is 4.73. The van der Waals surface area contributed by atoms with Crippen molar-refractivity contribution >= 4 is 21.8 Å². The molecule has 1 saturated heterocycles. The minimum Gasteiger partial charge on any atom is -0.313 e. The molecule has 20 heavy (non-hydrogen) atoms. The summed E-state index contributed by atoms with van der Waals surface area (Å²) in [6.07, 6.45) is 0.794. The zero-order valence-corrected chi connectivity index (χ0v) is 13.0. The molecular formula is C13H19FN2O2S2. The normalized spacial score (nSPS) is 19.4. The fraction of sp³-hybridized carbons (Fsp3) is 0.538.